The smallest absolute Gasteiger partial charge is 0.410 e. The zero-order chi connectivity index (χ0) is 16.7. The van der Waals surface area contributed by atoms with Crippen molar-refractivity contribution in [3.63, 3.8) is 0 Å². The number of allylic oxidation sites excluding steroid dienone is 1. The third-order valence-corrected chi connectivity index (χ3v) is 5.69. The molecule has 4 nitrogen and oxygen atoms in total. The normalized spacial score (nSPS) is 31.5. The molecule has 1 saturated heterocycles. The molecule has 0 aromatic heterocycles. The molecular weight excluding hydrogens is 302 g/mol. The molecule has 126 valence electrons. The van der Waals surface area contributed by atoms with Crippen molar-refractivity contribution < 1.29 is 14.3 Å². The maximum atomic E-state index is 12.7. The molecule has 1 aromatic rings. The number of fused-ring (bicyclic) bond motifs is 1. The summed E-state index contributed by atoms with van der Waals surface area (Å²) < 4.78 is 5.55. The molecule has 1 heterocycles. The van der Waals surface area contributed by atoms with Gasteiger partial charge >= 0.3 is 6.09 Å². The monoisotopic (exact) mass is 325 g/mol. The second-order valence-corrected chi connectivity index (χ2v) is 7.47. The van der Waals surface area contributed by atoms with E-state index >= 15 is 0 Å². The summed E-state index contributed by atoms with van der Waals surface area (Å²) in [5.74, 6) is 0.994. The molecule has 0 spiro atoms. The van der Waals surface area contributed by atoms with Crippen molar-refractivity contribution in [1.29, 1.82) is 0 Å². The second-order valence-electron chi connectivity index (χ2n) is 7.47. The minimum absolute atomic E-state index is 0.0484. The quantitative estimate of drug-likeness (QED) is 0.835. The van der Waals surface area contributed by atoms with Crippen LogP contribution in [-0.2, 0) is 16.1 Å². The van der Waals surface area contributed by atoms with E-state index in [1.807, 2.05) is 41.3 Å². The third kappa shape index (κ3) is 2.74. The maximum absolute atomic E-state index is 12.7. The van der Waals surface area contributed by atoms with E-state index in [0.29, 0.717) is 18.4 Å². The van der Waals surface area contributed by atoms with Crippen LogP contribution >= 0.6 is 0 Å². The van der Waals surface area contributed by atoms with Crippen LogP contribution in [-0.4, -0.2) is 29.4 Å². The molecule has 0 radical (unpaired) electrons. The van der Waals surface area contributed by atoms with Crippen LogP contribution in [0.25, 0.3) is 0 Å². The molecule has 2 fully saturated rings. The molecular formula is C20H23NO3. The van der Waals surface area contributed by atoms with Crippen molar-refractivity contribution in [3.8, 4) is 0 Å². The molecule has 2 bridgehead atoms. The summed E-state index contributed by atoms with van der Waals surface area (Å²) in [6, 6.07) is 9.91. The molecule has 4 heteroatoms. The van der Waals surface area contributed by atoms with E-state index in [-0.39, 0.29) is 30.4 Å². The zero-order valence-corrected chi connectivity index (χ0v) is 14.0. The van der Waals surface area contributed by atoms with Crippen molar-refractivity contribution >= 4 is 11.9 Å². The highest BCUT2D eigenvalue weighted by molar-refractivity contribution is 5.94. The van der Waals surface area contributed by atoms with Crippen LogP contribution in [0, 0.1) is 17.8 Å². The Kier molecular flexibility index (Phi) is 3.91. The Morgan fingerprint density at radius 2 is 2.04 bits per heavy atom. The van der Waals surface area contributed by atoms with Crippen LogP contribution in [0.1, 0.15) is 31.7 Å². The molecule has 3 aliphatic rings. The fourth-order valence-corrected chi connectivity index (χ4v) is 4.55. The van der Waals surface area contributed by atoms with Gasteiger partial charge in [-0.25, -0.2) is 4.79 Å². The van der Waals surface area contributed by atoms with Crippen LogP contribution in [0.2, 0.25) is 0 Å². The average molecular weight is 325 g/mol. The fourth-order valence-electron chi connectivity index (χ4n) is 4.55. The molecule has 4 rings (SSSR count). The van der Waals surface area contributed by atoms with Gasteiger partial charge in [0.25, 0.3) is 0 Å². The highest BCUT2D eigenvalue weighted by atomic mass is 16.6. The third-order valence-electron chi connectivity index (χ3n) is 5.69. The summed E-state index contributed by atoms with van der Waals surface area (Å²) in [5.41, 5.74) is 2.23. The van der Waals surface area contributed by atoms with Gasteiger partial charge in [0, 0.05) is 24.4 Å². The minimum atomic E-state index is -0.276. The highest BCUT2D eigenvalue weighted by Crippen LogP contribution is 2.46. The van der Waals surface area contributed by atoms with Crippen LogP contribution in [0.5, 0.6) is 0 Å². The average Bonchev–Trinajstić information content (AvgIpc) is 2.59. The number of ether oxygens (including phenoxy) is 1. The SMILES string of the molecule is C[C@@H]1CC2=CC(=O)[C@@H]3C[C@H]2[C@H](C1)N(C(=O)OCc1ccccc1)C3. The number of hydrogen-bond acceptors (Lipinski definition) is 3. The first-order valence-electron chi connectivity index (χ1n) is 8.83. The maximum Gasteiger partial charge on any atom is 0.410 e. The Morgan fingerprint density at radius 1 is 1.25 bits per heavy atom. The van der Waals surface area contributed by atoms with E-state index in [1.54, 1.807) is 0 Å². The molecule has 1 aromatic carbocycles. The van der Waals surface area contributed by atoms with Gasteiger partial charge in [-0.3, -0.25) is 4.79 Å². The first kappa shape index (κ1) is 15.4. The van der Waals surface area contributed by atoms with Crippen molar-refractivity contribution in [2.24, 2.45) is 17.8 Å². The van der Waals surface area contributed by atoms with E-state index in [2.05, 4.69) is 6.92 Å². The van der Waals surface area contributed by atoms with Crippen molar-refractivity contribution in [1.82, 2.24) is 4.90 Å². The first-order chi connectivity index (χ1) is 11.6. The Bertz CT molecular complexity index is 681. The molecule has 2 aliphatic carbocycles. The van der Waals surface area contributed by atoms with E-state index in [0.717, 1.165) is 24.8 Å². The van der Waals surface area contributed by atoms with Crippen LogP contribution < -0.4 is 0 Å². The van der Waals surface area contributed by atoms with Gasteiger partial charge in [-0.2, -0.15) is 0 Å². The summed E-state index contributed by atoms with van der Waals surface area (Å²) in [6.07, 6.45) is 4.50. The topological polar surface area (TPSA) is 46.6 Å². The predicted molar refractivity (Wildman–Crippen MR) is 90.2 cm³/mol. The summed E-state index contributed by atoms with van der Waals surface area (Å²) in [7, 11) is 0. The standard InChI is InChI=1S/C20H23NO3/c1-13-7-15-10-19(22)16-9-17(15)18(8-13)21(11-16)20(23)24-12-14-5-3-2-4-6-14/h2-6,10,13,16-18H,7-9,11-12H2,1H3/t13-,16-,17-,18+/m1/s1. The number of nitrogens with zero attached hydrogens (tertiary/aromatic N) is 1. The lowest BCUT2D eigenvalue weighted by Crippen LogP contribution is -2.57. The molecule has 0 N–H and O–H groups in total. The first-order valence-corrected chi connectivity index (χ1v) is 8.83. The Balaban J connectivity index is 1.51. The van der Waals surface area contributed by atoms with E-state index in [4.69, 9.17) is 4.74 Å². The van der Waals surface area contributed by atoms with Crippen molar-refractivity contribution in [2.45, 2.75) is 38.8 Å². The van der Waals surface area contributed by atoms with E-state index in [9.17, 15) is 9.59 Å². The van der Waals surface area contributed by atoms with Gasteiger partial charge in [-0.1, -0.05) is 42.8 Å². The second kappa shape index (κ2) is 6.08. The van der Waals surface area contributed by atoms with Crippen LogP contribution in [0.4, 0.5) is 4.79 Å². The molecule has 24 heavy (non-hydrogen) atoms. The van der Waals surface area contributed by atoms with Gasteiger partial charge in [0.1, 0.15) is 6.61 Å². The molecule has 0 unspecified atom stereocenters. The molecule has 1 aliphatic heterocycles. The number of carbonyl (C=O) groups excluding carboxylic acids is 2. The lowest BCUT2D eigenvalue weighted by atomic mass is 9.65. The number of carbonyl (C=O) groups is 2. The zero-order valence-electron chi connectivity index (χ0n) is 14.0. The Labute approximate surface area is 142 Å². The number of benzene rings is 1. The number of hydrogen-bond donors (Lipinski definition) is 0. The van der Waals surface area contributed by atoms with Crippen LogP contribution in [0.3, 0.4) is 0 Å². The van der Waals surface area contributed by atoms with Gasteiger partial charge in [-0.15, -0.1) is 0 Å². The minimum Gasteiger partial charge on any atom is -0.445 e. The summed E-state index contributed by atoms with van der Waals surface area (Å²) in [6.45, 7) is 2.99. The summed E-state index contributed by atoms with van der Waals surface area (Å²) in [5, 5.41) is 0. The number of piperidine rings is 1. The van der Waals surface area contributed by atoms with Gasteiger partial charge in [0.2, 0.25) is 0 Å². The molecule has 4 atom stereocenters. The van der Waals surface area contributed by atoms with Gasteiger partial charge < -0.3 is 9.64 Å². The Morgan fingerprint density at radius 3 is 2.83 bits per heavy atom. The van der Waals surface area contributed by atoms with Crippen molar-refractivity contribution in [3.05, 3.63) is 47.5 Å². The van der Waals surface area contributed by atoms with Crippen LogP contribution in [0.15, 0.2) is 42.0 Å². The molecule has 1 amide bonds. The van der Waals surface area contributed by atoms with Gasteiger partial charge in [0.05, 0.1) is 0 Å². The lowest BCUT2D eigenvalue weighted by molar-refractivity contribution is -0.122. The Hall–Kier alpha value is -2.10. The fraction of sp³-hybridized carbons (Fsp3) is 0.500. The summed E-state index contributed by atoms with van der Waals surface area (Å²) >= 11 is 0. The summed E-state index contributed by atoms with van der Waals surface area (Å²) in [4.78, 5) is 26.8. The van der Waals surface area contributed by atoms with E-state index in [1.165, 1.54) is 5.57 Å². The van der Waals surface area contributed by atoms with E-state index < -0.39 is 0 Å². The number of amides is 1. The van der Waals surface area contributed by atoms with Gasteiger partial charge in [0.15, 0.2) is 5.78 Å². The largest absolute Gasteiger partial charge is 0.445 e. The predicted octanol–water partition coefficient (Wildman–Crippen LogP) is 3.57. The number of likely N-dealkylation sites (tertiary alicyclic amines) is 1. The highest BCUT2D eigenvalue weighted by Gasteiger charge is 2.47. The molecule has 1 saturated carbocycles. The van der Waals surface area contributed by atoms with Gasteiger partial charge in [-0.05, 0) is 36.8 Å². The van der Waals surface area contributed by atoms with Crippen molar-refractivity contribution in [2.75, 3.05) is 6.54 Å². The lowest BCUT2D eigenvalue weighted by Gasteiger charge is -2.50. The number of ketones is 1. The number of rotatable bonds is 2.